The van der Waals surface area contributed by atoms with E-state index in [0.717, 1.165) is 44.9 Å². The van der Waals surface area contributed by atoms with Crippen molar-refractivity contribution in [2.75, 3.05) is 6.61 Å². The van der Waals surface area contributed by atoms with Crippen LogP contribution in [0.25, 0.3) is 0 Å². The van der Waals surface area contributed by atoms with Crippen molar-refractivity contribution >= 4 is 11.9 Å². The van der Waals surface area contributed by atoms with Gasteiger partial charge in [-0.15, -0.1) is 0 Å². The predicted octanol–water partition coefficient (Wildman–Crippen LogP) is 2.91. The number of hydrogen-bond acceptors (Lipinski definition) is 3. The van der Waals surface area contributed by atoms with Crippen LogP contribution in [0.15, 0.2) is 24.3 Å². The summed E-state index contributed by atoms with van der Waals surface area (Å²) in [6, 6.07) is 8.27. The highest BCUT2D eigenvalue weighted by atomic mass is 16.5. The number of benzene rings is 1. The Bertz CT molecular complexity index is 549. The molecule has 0 radical (unpaired) electrons. The Morgan fingerprint density at radius 2 is 1.86 bits per heavy atom. The number of rotatable bonds is 4. The number of ether oxygens (including phenoxy) is 1. The molecule has 1 saturated carbocycles. The largest absolute Gasteiger partial charge is 0.455 e. The second-order valence-corrected chi connectivity index (χ2v) is 6.30. The quantitative estimate of drug-likeness (QED) is 0.870. The van der Waals surface area contributed by atoms with Crippen molar-refractivity contribution < 1.29 is 14.3 Å². The van der Waals surface area contributed by atoms with Crippen LogP contribution in [0.4, 0.5) is 0 Å². The summed E-state index contributed by atoms with van der Waals surface area (Å²) in [7, 11) is 0. The highest BCUT2D eigenvalue weighted by molar-refractivity contribution is 5.81. The molecular formula is C18H23NO3. The molecule has 1 N–H and O–H groups in total. The number of fused-ring (bicyclic) bond motifs is 1. The molecule has 2 aliphatic rings. The molecule has 1 aromatic carbocycles. The molecule has 1 unspecified atom stereocenters. The monoisotopic (exact) mass is 301 g/mol. The summed E-state index contributed by atoms with van der Waals surface area (Å²) < 4.78 is 5.17. The van der Waals surface area contributed by atoms with Crippen LogP contribution in [0.5, 0.6) is 0 Å². The van der Waals surface area contributed by atoms with E-state index in [9.17, 15) is 9.59 Å². The van der Waals surface area contributed by atoms with E-state index in [4.69, 9.17) is 4.74 Å². The van der Waals surface area contributed by atoms with Crippen LogP contribution in [0, 0.1) is 5.92 Å². The molecule has 118 valence electrons. The predicted molar refractivity (Wildman–Crippen MR) is 83.2 cm³/mol. The van der Waals surface area contributed by atoms with Gasteiger partial charge in [-0.3, -0.25) is 9.59 Å². The number of carbonyl (C=O) groups excluding carboxylic acids is 2. The van der Waals surface area contributed by atoms with Gasteiger partial charge in [-0.25, -0.2) is 0 Å². The van der Waals surface area contributed by atoms with Gasteiger partial charge in [0.25, 0.3) is 5.91 Å². The number of esters is 1. The second-order valence-electron chi connectivity index (χ2n) is 6.30. The zero-order valence-electron chi connectivity index (χ0n) is 12.8. The minimum absolute atomic E-state index is 0.00297. The molecule has 22 heavy (non-hydrogen) atoms. The van der Waals surface area contributed by atoms with Crippen LogP contribution in [0.1, 0.15) is 55.7 Å². The highest BCUT2D eigenvalue weighted by Gasteiger charge is 2.25. The van der Waals surface area contributed by atoms with E-state index in [0.29, 0.717) is 0 Å². The van der Waals surface area contributed by atoms with E-state index >= 15 is 0 Å². The minimum Gasteiger partial charge on any atom is -0.455 e. The molecule has 1 aromatic rings. The first-order valence-electron chi connectivity index (χ1n) is 8.28. The van der Waals surface area contributed by atoms with Crippen molar-refractivity contribution in [2.45, 2.75) is 51.0 Å². The fourth-order valence-corrected chi connectivity index (χ4v) is 3.56. The number of nitrogens with one attached hydrogen (secondary N) is 1. The third-order valence-corrected chi connectivity index (χ3v) is 4.74. The average molecular weight is 301 g/mol. The van der Waals surface area contributed by atoms with Gasteiger partial charge in [0.2, 0.25) is 0 Å². The lowest BCUT2D eigenvalue weighted by atomic mass is 9.88. The second kappa shape index (κ2) is 6.95. The zero-order chi connectivity index (χ0) is 15.4. The Labute approximate surface area is 131 Å². The maximum Gasteiger partial charge on any atom is 0.309 e. The highest BCUT2D eigenvalue weighted by Crippen LogP contribution is 2.29. The van der Waals surface area contributed by atoms with Crippen LogP contribution >= 0.6 is 0 Å². The van der Waals surface area contributed by atoms with Gasteiger partial charge >= 0.3 is 5.97 Å². The van der Waals surface area contributed by atoms with Gasteiger partial charge in [0.1, 0.15) is 0 Å². The van der Waals surface area contributed by atoms with Crippen molar-refractivity contribution in [3.63, 3.8) is 0 Å². The summed E-state index contributed by atoms with van der Waals surface area (Å²) in [4.78, 5) is 23.9. The van der Waals surface area contributed by atoms with E-state index in [1.807, 2.05) is 12.1 Å². The van der Waals surface area contributed by atoms with Crippen molar-refractivity contribution in [3.05, 3.63) is 35.4 Å². The number of carbonyl (C=O) groups is 2. The molecule has 4 heteroatoms. The third-order valence-electron chi connectivity index (χ3n) is 4.74. The smallest absolute Gasteiger partial charge is 0.309 e. The lowest BCUT2D eigenvalue weighted by Crippen LogP contribution is -2.34. The van der Waals surface area contributed by atoms with Crippen molar-refractivity contribution in [2.24, 2.45) is 5.92 Å². The van der Waals surface area contributed by atoms with Gasteiger partial charge in [0.05, 0.1) is 12.0 Å². The summed E-state index contributed by atoms with van der Waals surface area (Å²) in [5.74, 6) is -0.409. The summed E-state index contributed by atoms with van der Waals surface area (Å²) in [5, 5.41) is 3.00. The maximum absolute atomic E-state index is 12.1. The fraction of sp³-hybridized carbons (Fsp3) is 0.556. The van der Waals surface area contributed by atoms with Crippen LogP contribution < -0.4 is 5.32 Å². The van der Waals surface area contributed by atoms with E-state index in [1.54, 1.807) is 0 Å². The first-order valence-corrected chi connectivity index (χ1v) is 8.28. The molecule has 0 bridgehead atoms. The normalized spacial score (nSPS) is 21.2. The molecule has 3 rings (SSSR count). The molecule has 0 spiro atoms. The molecule has 0 aliphatic heterocycles. The lowest BCUT2D eigenvalue weighted by Gasteiger charge is -2.26. The topological polar surface area (TPSA) is 55.4 Å². The summed E-state index contributed by atoms with van der Waals surface area (Å²) in [6.07, 6.45) is 7.06. The third kappa shape index (κ3) is 3.49. The van der Waals surface area contributed by atoms with Gasteiger partial charge in [0, 0.05) is 0 Å². The molecule has 2 aliphatic carbocycles. The average Bonchev–Trinajstić information content (AvgIpc) is 3.07. The fourth-order valence-electron chi connectivity index (χ4n) is 3.56. The molecule has 0 aromatic heterocycles. The number of amides is 1. The van der Waals surface area contributed by atoms with Gasteiger partial charge < -0.3 is 10.1 Å². The molecule has 1 fully saturated rings. The van der Waals surface area contributed by atoms with Gasteiger partial charge in [-0.1, -0.05) is 37.1 Å². The number of aryl methyl sites for hydroxylation is 1. The molecule has 1 atom stereocenters. The van der Waals surface area contributed by atoms with Gasteiger partial charge in [-0.2, -0.15) is 0 Å². The summed E-state index contributed by atoms with van der Waals surface area (Å²) >= 11 is 0. The molecular weight excluding hydrogens is 278 g/mol. The standard InChI is InChI=1S/C18H23NO3/c20-17(12-22-18(21)14-7-1-2-8-14)19-16-11-5-9-13-6-3-4-10-15(13)16/h3-4,6,10,14,16H,1-2,5,7-9,11-12H2,(H,19,20). The first kappa shape index (κ1) is 15.1. The van der Waals surface area contributed by atoms with E-state index < -0.39 is 0 Å². The molecule has 1 amide bonds. The van der Waals surface area contributed by atoms with Crippen LogP contribution in [-0.4, -0.2) is 18.5 Å². The zero-order valence-corrected chi connectivity index (χ0v) is 12.8. The Morgan fingerprint density at radius 3 is 2.68 bits per heavy atom. The van der Waals surface area contributed by atoms with Crippen molar-refractivity contribution in [1.82, 2.24) is 5.32 Å². The Balaban J connectivity index is 1.51. The SMILES string of the molecule is O=C(COC(=O)C1CCCC1)NC1CCCc2ccccc21. The molecule has 0 saturated heterocycles. The Kier molecular flexibility index (Phi) is 4.76. The number of hydrogen-bond donors (Lipinski definition) is 1. The van der Waals surface area contributed by atoms with Crippen molar-refractivity contribution in [1.29, 1.82) is 0 Å². The van der Waals surface area contributed by atoms with Gasteiger partial charge in [-0.05, 0) is 43.2 Å². The minimum atomic E-state index is -0.211. The van der Waals surface area contributed by atoms with E-state index in [2.05, 4.69) is 17.4 Å². The van der Waals surface area contributed by atoms with Gasteiger partial charge in [0.15, 0.2) is 6.61 Å². The Morgan fingerprint density at radius 1 is 1.09 bits per heavy atom. The van der Waals surface area contributed by atoms with E-state index in [1.165, 1.54) is 11.1 Å². The molecule has 4 nitrogen and oxygen atoms in total. The van der Waals surface area contributed by atoms with Crippen LogP contribution in [0.2, 0.25) is 0 Å². The summed E-state index contributed by atoms with van der Waals surface area (Å²) in [6.45, 7) is -0.159. The summed E-state index contributed by atoms with van der Waals surface area (Å²) in [5.41, 5.74) is 2.51. The van der Waals surface area contributed by atoms with E-state index in [-0.39, 0.29) is 30.4 Å². The van der Waals surface area contributed by atoms with Crippen LogP contribution in [-0.2, 0) is 20.7 Å². The maximum atomic E-state index is 12.1. The first-order chi connectivity index (χ1) is 10.7. The Hall–Kier alpha value is -1.84. The van der Waals surface area contributed by atoms with Crippen LogP contribution in [0.3, 0.4) is 0 Å². The lowest BCUT2D eigenvalue weighted by molar-refractivity contribution is -0.152. The van der Waals surface area contributed by atoms with Crippen molar-refractivity contribution in [3.8, 4) is 0 Å². The molecule has 0 heterocycles.